The molecule has 0 bridgehead atoms. The maximum absolute atomic E-state index is 11.3. The van der Waals surface area contributed by atoms with Crippen molar-refractivity contribution in [1.29, 1.82) is 0 Å². The summed E-state index contributed by atoms with van der Waals surface area (Å²) in [6, 6.07) is 7.79. The zero-order valence-corrected chi connectivity index (χ0v) is 15.9. The van der Waals surface area contributed by atoms with E-state index in [-0.39, 0.29) is 5.75 Å². The van der Waals surface area contributed by atoms with E-state index in [1.54, 1.807) is 6.92 Å². The fourth-order valence-corrected chi connectivity index (χ4v) is 2.83. The lowest BCUT2D eigenvalue weighted by atomic mass is 10.1. The molecule has 0 saturated heterocycles. The number of hydrogen-bond acceptors (Lipinski definition) is 3. The van der Waals surface area contributed by atoms with E-state index in [2.05, 4.69) is 20.3 Å². The van der Waals surface area contributed by atoms with Gasteiger partial charge in [0.05, 0.1) is 5.75 Å². The average molecular weight is 375 g/mol. The molecule has 0 radical (unpaired) electrons. The van der Waals surface area contributed by atoms with Crippen molar-refractivity contribution in [2.45, 2.75) is 26.7 Å². The molecule has 24 heavy (non-hydrogen) atoms. The predicted octanol–water partition coefficient (Wildman–Crippen LogP) is 1.77. The van der Waals surface area contributed by atoms with Crippen LogP contribution in [0.1, 0.15) is 25.8 Å². The first-order valence-corrected chi connectivity index (χ1v) is 10.2. The Bertz CT molecular complexity index is 620. The summed E-state index contributed by atoms with van der Waals surface area (Å²) in [4.78, 5) is 4.44. The van der Waals surface area contributed by atoms with Crippen LogP contribution in [0.5, 0.6) is 0 Å². The molecule has 0 aromatic heterocycles. The van der Waals surface area contributed by atoms with E-state index >= 15 is 0 Å². The van der Waals surface area contributed by atoms with E-state index in [0.29, 0.717) is 19.5 Å². The fraction of sp³-hybridized carbons (Fsp3) is 0.562. The molecular weight excluding hydrogens is 348 g/mol. The van der Waals surface area contributed by atoms with E-state index in [4.69, 9.17) is 11.6 Å². The molecule has 0 spiro atoms. The van der Waals surface area contributed by atoms with Crippen LogP contribution in [0.25, 0.3) is 0 Å². The first-order chi connectivity index (χ1) is 11.5. The van der Waals surface area contributed by atoms with Gasteiger partial charge in [0.2, 0.25) is 10.0 Å². The molecule has 6 nitrogen and oxygen atoms in total. The lowest BCUT2D eigenvalue weighted by molar-refractivity contribution is 0.581. The second-order valence-electron chi connectivity index (χ2n) is 5.22. The predicted molar refractivity (Wildman–Crippen MR) is 101 cm³/mol. The van der Waals surface area contributed by atoms with Crippen molar-refractivity contribution in [1.82, 2.24) is 15.4 Å². The number of halogens is 1. The number of guanidine groups is 1. The van der Waals surface area contributed by atoms with Gasteiger partial charge in [-0.3, -0.25) is 4.99 Å². The summed E-state index contributed by atoms with van der Waals surface area (Å²) in [7, 11) is -3.12. The first kappa shape index (κ1) is 20.7. The number of hydrogen-bond donors (Lipinski definition) is 3. The molecule has 3 N–H and O–H groups in total. The van der Waals surface area contributed by atoms with Crippen molar-refractivity contribution in [3.63, 3.8) is 0 Å². The molecule has 0 aliphatic heterocycles. The van der Waals surface area contributed by atoms with E-state index in [9.17, 15) is 8.42 Å². The Morgan fingerprint density at radius 3 is 2.67 bits per heavy atom. The highest BCUT2D eigenvalue weighted by Crippen LogP contribution is 2.10. The maximum Gasteiger partial charge on any atom is 0.211 e. The number of nitrogens with one attached hydrogen (secondary N) is 3. The summed E-state index contributed by atoms with van der Waals surface area (Å²) in [5.74, 6) is 0.835. The number of nitrogens with zero attached hydrogens (tertiary/aromatic N) is 1. The van der Waals surface area contributed by atoms with Crippen LogP contribution < -0.4 is 15.4 Å². The van der Waals surface area contributed by atoms with Crippen molar-refractivity contribution < 1.29 is 8.42 Å². The Balaban J connectivity index is 2.34. The highest BCUT2D eigenvalue weighted by molar-refractivity contribution is 7.89. The van der Waals surface area contributed by atoms with E-state index in [1.807, 2.05) is 31.2 Å². The fourth-order valence-electron chi connectivity index (χ4n) is 1.96. The second-order valence-corrected chi connectivity index (χ2v) is 7.75. The van der Waals surface area contributed by atoms with Gasteiger partial charge >= 0.3 is 0 Å². The summed E-state index contributed by atoms with van der Waals surface area (Å²) in [5.41, 5.74) is 1.17. The molecule has 0 amide bonds. The molecule has 1 aromatic carbocycles. The van der Waals surface area contributed by atoms with Gasteiger partial charge in [-0.1, -0.05) is 23.7 Å². The van der Waals surface area contributed by atoms with Crippen LogP contribution in [0, 0.1) is 0 Å². The van der Waals surface area contributed by atoms with Crippen LogP contribution in [0.2, 0.25) is 5.02 Å². The Labute approximate surface area is 150 Å². The Kier molecular flexibility index (Phi) is 9.75. The second kappa shape index (κ2) is 11.3. The van der Waals surface area contributed by atoms with Crippen molar-refractivity contribution in [2.75, 3.05) is 31.9 Å². The van der Waals surface area contributed by atoms with Crippen LogP contribution >= 0.6 is 11.6 Å². The molecule has 136 valence electrons. The molecule has 0 fully saturated rings. The normalized spacial score (nSPS) is 12.2. The highest BCUT2D eigenvalue weighted by Gasteiger charge is 2.04. The minimum absolute atomic E-state index is 0.101. The van der Waals surface area contributed by atoms with Gasteiger partial charge in [0.25, 0.3) is 0 Å². The van der Waals surface area contributed by atoms with Gasteiger partial charge in [-0.15, -0.1) is 0 Å². The van der Waals surface area contributed by atoms with E-state index < -0.39 is 10.0 Å². The van der Waals surface area contributed by atoms with Crippen LogP contribution in [-0.2, 0) is 16.4 Å². The summed E-state index contributed by atoms with van der Waals surface area (Å²) >= 11 is 5.97. The summed E-state index contributed by atoms with van der Waals surface area (Å²) in [6.07, 6.45) is 1.51. The van der Waals surface area contributed by atoms with Crippen LogP contribution in [0.3, 0.4) is 0 Å². The Hall–Kier alpha value is -1.31. The number of sulfonamides is 1. The molecule has 8 heteroatoms. The monoisotopic (exact) mass is 374 g/mol. The van der Waals surface area contributed by atoms with Crippen LogP contribution in [0.15, 0.2) is 29.3 Å². The van der Waals surface area contributed by atoms with Crippen molar-refractivity contribution in [3.05, 3.63) is 34.9 Å². The molecule has 0 unspecified atom stereocenters. The molecule has 0 aliphatic rings. The zero-order valence-electron chi connectivity index (χ0n) is 14.3. The lowest BCUT2D eigenvalue weighted by Gasteiger charge is -2.11. The third-order valence-electron chi connectivity index (χ3n) is 3.25. The first-order valence-electron chi connectivity index (χ1n) is 8.20. The maximum atomic E-state index is 11.3. The molecule has 0 aliphatic carbocycles. The van der Waals surface area contributed by atoms with Crippen molar-refractivity contribution >= 4 is 27.6 Å². The van der Waals surface area contributed by atoms with Crippen LogP contribution in [-0.4, -0.2) is 46.3 Å². The number of benzene rings is 1. The van der Waals surface area contributed by atoms with Crippen molar-refractivity contribution in [2.24, 2.45) is 4.99 Å². The molecule has 0 saturated carbocycles. The molecule has 1 rings (SSSR count). The molecule has 0 atom stereocenters. The smallest absolute Gasteiger partial charge is 0.211 e. The molecular formula is C16H27ClN4O2S. The van der Waals surface area contributed by atoms with Gasteiger partial charge in [-0.25, -0.2) is 13.1 Å². The SMILES string of the molecule is CCNC(=NCCCNS(=O)(=O)CC)NCCc1cccc(Cl)c1. The third kappa shape index (κ3) is 9.10. The third-order valence-corrected chi connectivity index (χ3v) is 4.89. The van der Waals surface area contributed by atoms with E-state index in [1.165, 1.54) is 5.56 Å². The zero-order chi connectivity index (χ0) is 17.8. The van der Waals surface area contributed by atoms with Gasteiger partial charge in [-0.05, 0) is 44.4 Å². The van der Waals surface area contributed by atoms with Gasteiger partial charge in [-0.2, -0.15) is 0 Å². The standard InChI is InChI=1S/C16H27ClN4O2S/c1-3-18-16(19-10-6-11-21-24(22,23)4-2)20-12-9-14-7-5-8-15(17)13-14/h5,7-8,13,21H,3-4,6,9-12H2,1-2H3,(H2,18,19,20). The molecule has 0 heterocycles. The van der Waals surface area contributed by atoms with Gasteiger partial charge in [0.1, 0.15) is 0 Å². The van der Waals surface area contributed by atoms with Gasteiger partial charge in [0.15, 0.2) is 5.96 Å². The average Bonchev–Trinajstić information content (AvgIpc) is 2.54. The topological polar surface area (TPSA) is 82.6 Å². The quantitative estimate of drug-likeness (QED) is 0.331. The number of rotatable bonds is 10. The largest absolute Gasteiger partial charge is 0.357 e. The van der Waals surface area contributed by atoms with Gasteiger partial charge in [0, 0.05) is 31.2 Å². The van der Waals surface area contributed by atoms with Crippen LogP contribution in [0.4, 0.5) is 0 Å². The Morgan fingerprint density at radius 2 is 2.00 bits per heavy atom. The minimum atomic E-state index is -3.12. The summed E-state index contributed by atoms with van der Waals surface area (Å²) in [5, 5.41) is 7.18. The van der Waals surface area contributed by atoms with E-state index in [0.717, 1.165) is 30.5 Å². The molecule has 1 aromatic rings. The van der Waals surface area contributed by atoms with Gasteiger partial charge < -0.3 is 10.6 Å². The summed E-state index contributed by atoms with van der Waals surface area (Å²) in [6.45, 7) is 6.09. The highest BCUT2D eigenvalue weighted by atomic mass is 35.5. The summed E-state index contributed by atoms with van der Waals surface area (Å²) < 4.78 is 25.2. The van der Waals surface area contributed by atoms with Crippen molar-refractivity contribution in [3.8, 4) is 0 Å². The number of aliphatic imine (C=N–C) groups is 1. The minimum Gasteiger partial charge on any atom is -0.357 e. The lowest BCUT2D eigenvalue weighted by Crippen LogP contribution is -2.38. The Morgan fingerprint density at radius 1 is 1.21 bits per heavy atom.